The number of carbonyl (C=O) groups excluding carboxylic acids is 1. The number of anilines is 1. The normalized spacial score (nSPS) is 10.8. The largest absolute Gasteiger partial charge is 0.338 e. The SMILES string of the molecule is CCCCNC(=O)Nc1ccc2nc(-c3nccs3)[nH]c2c1. The molecule has 0 spiro atoms. The number of nitrogens with one attached hydrogen (secondary N) is 3. The number of fused-ring (bicyclic) bond motifs is 1. The van der Waals surface area contributed by atoms with Crippen LogP contribution in [0.25, 0.3) is 21.9 Å². The maximum Gasteiger partial charge on any atom is 0.319 e. The molecule has 0 fully saturated rings. The number of H-pyrrole nitrogens is 1. The first kappa shape index (κ1) is 14.5. The average Bonchev–Trinajstić information content (AvgIpc) is 3.16. The number of unbranched alkanes of at least 4 members (excludes halogenated alkanes) is 1. The number of thiazole rings is 1. The number of nitrogens with zero attached hydrogens (tertiary/aromatic N) is 2. The Labute approximate surface area is 132 Å². The van der Waals surface area contributed by atoms with Crippen LogP contribution in [0, 0.1) is 0 Å². The first-order valence-corrected chi connectivity index (χ1v) is 8.08. The van der Waals surface area contributed by atoms with Gasteiger partial charge in [-0.15, -0.1) is 11.3 Å². The summed E-state index contributed by atoms with van der Waals surface area (Å²) >= 11 is 1.53. The molecule has 7 heteroatoms. The average molecular weight is 315 g/mol. The van der Waals surface area contributed by atoms with Crippen molar-refractivity contribution < 1.29 is 4.79 Å². The Hall–Kier alpha value is -2.41. The highest BCUT2D eigenvalue weighted by Crippen LogP contribution is 2.24. The van der Waals surface area contributed by atoms with Gasteiger partial charge in [0.1, 0.15) is 0 Å². The Morgan fingerprint density at radius 3 is 3.09 bits per heavy atom. The van der Waals surface area contributed by atoms with Crippen molar-refractivity contribution in [3.63, 3.8) is 0 Å². The van der Waals surface area contributed by atoms with E-state index in [0.717, 1.165) is 40.4 Å². The summed E-state index contributed by atoms with van der Waals surface area (Å²) in [7, 11) is 0. The van der Waals surface area contributed by atoms with Gasteiger partial charge in [-0.25, -0.2) is 14.8 Å². The minimum Gasteiger partial charge on any atom is -0.338 e. The molecule has 0 radical (unpaired) electrons. The van der Waals surface area contributed by atoms with Crippen LogP contribution >= 0.6 is 11.3 Å². The van der Waals surface area contributed by atoms with Crippen molar-refractivity contribution in [2.75, 3.05) is 11.9 Å². The summed E-state index contributed by atoms with van der Waals surface area (Å²) in [5, 5.41) is 8.41. The number of imidazole rings is 1. The second kappa shape index (κ2) is 6.57. The Morgan fingerprint density at radius 1 is 1.41 bits per heavy atom. The highest BCUT2D eigenvalue weighted by molar-refractivity contribution is 7.13. The molecule has 3 aromatic rings. The van der Waals surface area contributed by atoms with Gasteiger partial charge in [-0.2, -0.15) is 0 Å². The molecule has 1 aromatic carbocycles. The predicted octanol–water partition coefficient (Wildman–Crippen LogP) is 3.61. The van der Waals surface area contributed by atoms with E-state index in [1.165, 1.54) is 11.3 Å². The molecule has 2 amide bonds. The molecule has 114 valence electrons. The van der Waals surface area contributed by atoms with Crippen LogP contribution in [0.15, 0.2) is 29.8 Å². The number of aromatic amines is 1. The summed E-state index contributed by atoms with van der Waals surface area (Å²) < 4.78 is 0. The van der Waals surface area contributed by atoms with Gasteiger partial charge in [0.2, 0.25) is 0 Å². The second-order valence-electron chi connectivity index (χ2n) is 4.89. The van der Waals surface area contributed by atoms with Gasteiger partial charge < -0.3 is 15.6 Å². The number of aromatic nitrogens is 3. The lowest BCUT2D eigenvalue weighted by atomic mass is 10.3. The van der Waals surface area contributed by atoms with E-state index in [9.17, 15) is 4.79 Å². The van der Waals surface area contributed by atoms with Gasteiger partial charge in [0, 0.05) is 23.8 Å². The number of hydrogen-bond acceptors (Lipinski definition) is 4. The van der Waals surface area contributed by atoms with Crippen LogP contribution in [0.2, 0.25) is 0 Å². The Morgan fingerprint density at radius 2 is 2.32 bits per heavy atom. The van der Waals surface area contributed by atoms with Crippen molar-refractivity contribution in [1.82, 2.24) is 20.3 Å². The van der Waals surface area contributed by atoms with E-state index in [2.05, 4.69) is 32.5 Å². The smallest absolute Gasteiger partial charge is 0.319 e. The summed E-state index contributed by atoms with van der Waals surface area (Å²) in [5.41, 5.74) is 2.45. The molecule has 0 saturated carbocycles. The van der Waals surface area contributed by atoms with Gasteiger partial charge in [-0.05, 0) is 24.6 Å². The Kier molecular flexibility index (Phi) is 4.34. The fourth-order valence-electron chi connectivity index (χ4n) is 2.08. The predicted molar refractivity (Wildman–Crippen MR) is 89.1 cm³/mol. The van der Waals surface area contributed by atoms with E-state index in [4.69, 9.17) is 0 Å². The van der Waals surface area contributed by atoms with Crippen molar-refractivity contribution >= 4 is 34.1 Å². The number of benzene rings is 1. The monoisotopic (exact) mass is 315 g/mol. The molecule has 3 N–H and O–H groups in total. The van der Waals surface area contributed by atoms with Crippen molar-refractivity contribution in [1.29, 1.82) is 0 Å². The van der Waals surface area contributed by atoms with Gasteiger partial charge >= 0.3 is 6.03 Å². The first-order chi connectivity index (χ1) is 10.8. The van der Waals surface area contributed by atoms with E-state index >= 15 is 0 Å². The molecule has 3 rings (SSSR count). The van der Waals surface area contributed by atoms with E-state index in [-0.39, 0.29) is 6.03 Å². The maximum atomic E-state index is 11.8. The van der Waals surface area contributed by atoms with Crippen molar-refractivity contribution in [3.05, 3.63) is 29.8 Å². The van der Waals surface area contributed by atoms with Crippen molar-refractivity contribution in [2.45, 2.75) is 19.8 Å². The van der Waals surface area contributed by atoms with Crippen LogP contribution in [0.5, 0.6) is 0 Å². The number of urea groups is 1. The van der Waals surface area contributed by atoms with Crippen LogP contribution in [0.1, 0.15) is 19.8 Å². The number of carbonyl (C=O) groups is 1. The summed E-state index contributed by atoms with van der Waals surface area (Å²) in [6.07, 6.45) is 3.78. The van der Waals surface area contributed by atoms with Crippen molar-refractivity contribution in [2.24, 2.45) is 0 Å². The van der Waals surface area contributed by atoms with Crippen LogP contribution in [-0.2, 0) is 0 Å². The standard InChI is InChI=1S/C15H17N5OS/c1-2-3-6-17-15(21)18-10-4-5-11-12(9-10)20-13(19-11)14-16-7-8-22-14/h4-5,7-9H,2-3,6H2,1H3,(H,19,20)(H2,17,18,21). The van der Waals surface area contributed by atoms with Gasteiger partial charge in [0.05, 0.1) is 11.0 Å². The quantitative estimate of drug-likeness (QED) is 0.629. The van der Waals surface area contributed by atoms with Gasteiger partial charge in [-0.3, -0.25) is 0 Å². The van der Waals surface area contributed by atoms with E-state index in [1.54, 1.807) is 6.20 Å². The summed E-state index contributed by atoms with van der Waals surface area (Å²) in [5.74, 6) is 0.745. The highest BCUT2D eigenvalue weighted by atomic mass is 32.1. The lowest BCUT2D eigenvalue weighted by Gasteiger charge is -2.06. The third-order valence-corrected chi connectivity index (χ3v) is 3.97. The minimum absolute atomic E-state index is 0.188. The Bertz CT molecular complexity index is 765. The number of amides is 2. The third-order valence-electron chi connectivity index (χ3n) is 3.19. The van der Waals surface area contributed by atoms with Crippen LogP contribution in [0.4, 0.5) is 10.5 Å². The summed E-state index contributed by atoms with van der Waals surface area (Å²) in [6, 6.07) is 5.41. The molecule has 0 unspecified atom stereocenters. The van der Waals surface area contributed by atoms with Gasteiger partial charge in [-0.1, -0.05) is 13.3 Å². The molecule has 0 aliphatic rings. The fourth-order valence-corrected chi connectivity index (χ4v) is 2.66. The lowest BCUT2D eigenvalue weighted by molar-refractivity contribution is 0.252. The maximum absolute atomic E-state index is 11.8. The molecule has 2 heterocycles. The number of hydrogen-bond donors (Lipinski definition) is 3. The van der Waals surface area contributed by atoms with E-state index in [1.807, 2.05) is 23.6 Å². The molecule has 22 heavy (non-hydrogen) atoms. The molecule has 2 aromatic heterocycles. The lowest BCUT2D eigenvalue weighted by Crippen LogP contribution is -2.29. The molecule has 0 aliphatic carbocycles. The second-order valence-corrected chi connectivity index (χ2v) is 5.78. The molecule has 0 saturated heterocycles. The topological polar surface area (TPSA) is 82.7 Å². The zero-order chi connectivity index (χ0) is 15.4. The Balaban J connectivity index is 1.74. The van der Waals surface area contributed by atoms with Crippen molar-refractivity contribution in [3.8, 4) is 10.8 Å². The third kappa shape index (κ3) is 3.25. The first-order valence-electron chi connectivity index (χ1n) is 7.20. The van der Waals surface area contributed by atoms with E-state index in [0.29, 0.717) is 6.54 Å². The zero-order valence-corrected chi connectivity index (χ0v) is 13.0. The molecule has 0 bridgehead atoms. The fraction of sp³-hybridized carbons (Fsp3) is 0.267. The van der Waals surface area contributed by atoms with Gasteiger partial charge in [0.15, 0.2) is 10.8 Å². The summed E-state index contributed by atoms with van der Waals surface area (Å²) in [4.78, 5) is 23.7. The zero-order valence-electron chi connectivity index (χ0n) is 12.2. The minimum atomic E-state index is -0.188. The number of rotatable bonds is 5. The van der Waals surface area contributed by atoms with Crippen LogP contribution < -0.4 is 10.6 Å². The summed E-state index contributed by atoms with van der Waals surface area (Å²) in [6.45, 7) is 2.77. The van der Waals surface area contributed by atoms with Crippen LogP contribution in [0.3, 0.4) is 0 Å². The molecular formula is C15H17N5OS. The highest BCUT2D eigenvalue weighted by Gasteiger charge is 2.08. The van der Waals surface area contributed by atoms with Gasteiger partial charge in [0.25, 0.3) is 0 Å². The van der Waals surface area contributed by atoms with E-state index < -0.39 is 0 Å². The van der Waals surface area contributed by atoms with Crippen LogP contribution in [-0.4, -0.2) is 27.5 Å². The molecule has 0 atom stereocenters. The molecule has 0 aliphatic heterocycles. The molecule has 6 nitrogen and oxygen atoms in total. The molecular weight excluding hydrogens is 298 g/mol.